The molecule has 0 aliphatic heterocycles. The van der Waals surface area contributed by atoms with Crippen molar-refractivity contribution in [2.75, 3.05) is 0 Å². The maximum absolute atomic E-state index is 8.68. The first-order valence-electron chi connectivity index (χ1n) is 5.77. The van der Waals surface area contributed by atoms with E-state index in [1.807, 2.05) is 60.7 Å². The highest BCUT2D eigenvalue weighted by atomic mass is 16.7. The van der Waals surface area contributed by atoms with Crippen LogP contribution in [0.25, 0.3) is 0 Å². The summed E-state index contributed by atoms with van der Waals surface area (Å²) in [6.45, 7) is 1.17. The Labute approximate surface area is 107 Å². The first-order chi connectivity index (χ1) is 8.88. The third kappa shape index (κ3) is 3.62. The fourth-order valence-electron chi connectivity index (χ4n) is 1.75. The van der Waals surface area contributed by atoms with Crippen LogP contribution in [0.3, 0.4) is 0 Å². The molecule has 0 bridgehead atoms. The lowest BCUT2D eigenvalue weighted by molar-refractivity contribution is -0.108. The smallest absolute Gasteiger partial charge is 0.307 e. The monoisotopic (exact) mass is 238 g/mol. The number of hydroxylamine groups is 2. The van der Waals surface area contributed by atoms with Gasteiger partial charge < -0.3 is 4.84 Å². The van der Waals surface area contributed by atoms with Crippen LogP contribution in [-0.4, -0.2) is 5.06 Å². The largest absolute Gasteiger partial charge is 0.327 e. The fraction of sp³-hybridized carbons (Fsp3) is 0.133. The summed E-state index contributed by atoms with van der Waals surface area (Å²) in [6, 6.07) is 19.9. The van der Waals surface area contributed by atoms with Gasteiger partial charge in [0.25, 0.3) is 0 Å². The number of nitriles is 1. The van der Waals surface area contributed by atoms with Gasteiger partial charge in [-0.25, -0.2) is 0 Å². The van der Waals surface area contributed by atoms with Gasteiger partial charge in [-0.2, -0.15) is 0 Å². The summed E-state index contributed by atoms with van der Waals surface area (Å²) in [5, 5.41) is 10.3. The highest BCUT2D eigenvalue weighted by Crippen LogP contribution is 2.09. The maximum atomic E-state index is 8.68. The molecule has 90 valence electrons. The minimum absolute atomic E-state index is 0.587. The average molecular weight is 238 g/mol. The number of nitrogens with zero attached hydrogens (tertiary/aromatic N) is 2. The summed E-state index contributed by atoms with van der Waals surface area (Å²) in [4.78, 5) is 4.99. The van der Waals surface area contributed by atoms with E-state index in [0.29, 0.717) is 13.1 Å². The highest BCUT2D eigenvalue weighted by molar-refractivity contribution is 5.16. The molecule has 0 aromatic heterocycles. The number of hydrogen-bond acceptors (Lipinski definition) is 3. The van der Waals surface area contributed by atoms with Gasteiger partial charge in [0.05, 0.1) is 13.1 Å². The van der Waals surface area contributed by atoms with E-state index in [2.05, 4.69) is 0 Å². The molecule has 0 atom stereocenters. The summed E-state index contributed by atoms with van der Waals surface area (Å²) in [5.74, 6) is 0. The SMILES string of the molecule is N#CON(Cc1ccccc1)Cc1ccccc1. The predicted octanol–water partition coefficient (Wildman–Crippen LogP) is 3.10. The molecule has 2 aromatic rings. The first-order valence-corrected chi connectivity index (χ1v) is 5.77. The molecule has 3 nitrogen and oxygen atoms in total. The molecule has 0 spiro atoms. The van der Waals surface area contributed by atoms with Gasteiger partial charge >= 0.3 is 6.26 Å². The van der Waals surface area contributed by atoms with Gasteiger partial charge in [0.15, 0.2) is 0 Å². The minimum atomic E-state index is 0.587. The Kier molecular flexibility index (Phi) is 4.34. The zero-order valence-corrected chi connectivity index (χ0v) is 9.99. The van der Waals surface area contributed by atoms with Crippen molar-refractivity contribution < 1.29 is 4.84 Å². The van der Waals surface area contributed by atoms with Crippen molar-refractivity contribution in [3.8, 4) is 6.26 Å². The molecule has 0 unspecified atom stereocenters. The molecule has 0 N–H and O–H groups in total. The van der Waals surface area contributed by atoms with Crippen LogP contribution in [0.1, 0.15) is 11.1 Å². The van der Waals surface area contributed by atoms with E-state index in [-0.39, 0.29) is 0 Å². The molecule has 0 saturated heterocycles. The topological polar surface area (TPSA) is 36.3 Å². The van der Waals surface area contributed by atoms with Gasteiger partial charge in [-0.05, 0) is 11.1 Å². The lowest BCUT2D eigenvalue weighted by Gasteiger charge is -2.17. The zero-order valence-electron chi connectivity index (χ0n) is 9.99. The van der Waals surface area contributed by atoms with E-state index < -0.39 is 0 Å². The molecule has 0 aliphatic carbocycles. The normalized spacial score (nSPS) is 10.0. The van der Waals surface area contributed by atoms with E-state index in [0.717, 1.165) is 11.1 Å². The Balaban J connectivity index is 2.03. The van der Waals surface area contributed by atoms with Crippen LogP contribution in [0.5, 0.6) is 0 Å². The van der Waals surface area contributed by atoms with E-state index in [1.54, 1.807) is 11.3 Å². The predicted molar refractivity (Wildman–Crippen MR) is 68.8 cm³/mol. The van der Waals surface area contributed by atoms with Crippen molar-refractivity contribution in [3.05, 3.63) is 71.8 Å². The number of rotatable bonds is 5. The number of hydrogen-bond donors (Lipinski definition) is 0. The average Bonchev–Trinajstić information content (AvgIpc) is 2.41. The molecule has 0 heterocycles. The molecule has 0 saturated carbocycles. The third-order valence-electron chi connectivity index (χ3n) is 2.57. The van der Waals surface area contributed by atoms with Crippen LogP contribution in [0.2, 0.25) is 0 Å². The van der Waals surface area contributed by atoms with Gasteiger partial charge in [-0.15, -0.1) is 10.3 Å². The second-order valence-corrected chi connectivity index (χ2v) is 3.95. The molecule has 0 amide bonds. The van der Waals surface area contributed by atoms with Crippen LogP contribution < -0.4 is 0 Å². The van der Waals surface area contributed by atoms with Gasteiger partial charge in [-0.3, -0.25) is 0 Å². The summed E-state index contributed by atoms with van der Waals surface area (Å²) in [6.07, 6.45) is 1.73. The molecule has 0 aliphatic rings. The molecule has 2 aromatic carbocycles. The Bertz CT molecular complexity index is 464. The maximum Gasteiger partial charge on any atom is 0.307 e. The van der Waals surface area contributed by atoms with Gasteiger partial charge in [0.1, 0.15) is 0 Å². The number of benzene rings is 2. The first kappa shape index (κ1) is 12.2. The fourth-order valence-corrected chi connectivity index (χ4v) is 1.75. The summed E-state index contributed by atoms with van der Waals surface area (Å²) in [7, 11) is 0. The van der Waals surface area contributed by atoms with Crippen molar-refractivity contribution in [1.82, 2.24) is 5.06 Å². The van der Waals surface area contributed by atoms with Gasteiger partial charge in [0, 0.05) is 0 Å². The molecule has 3 heteroatoms. The van der Waals surface area contributed by atoms with Crippen LogP contribution in [0.4, 0.5) is 0 Å². The van der Waals surface area contributed by atoms with E-state index in [4.69, 9.17) is 10.1 Å². The lowest BCUT2D eigenvalue weighted by atomic mass is 10.2. The highest BCUT2D eigenvalue weighted by Gasteiger charge is 2.07. The van der Waals surface area contributed by atoms with Crippen molar-refractivity contribution in [2.24, 2.45) is 0 Å². The molecule has 0 fully saturated rings. The van der Waals surface area contributed by atoms with E-state index >= 15 is 0 Å². The molecular weight excluding hydrogens is 224 g/mol. The van der Waals surface area contributed by atoms with Crippen molar-refractivity contribution in [1.29, 1.82) is 5.26 Å². The standard InChI is InChI=1S/C15H14N2O/c16-13-18-17(11-14-7-3-1-4-8-14)12-15-9-5-2-6-10-15/h1-10H,11-12H2. The molecule has 2 rings (SSSR count). The van der Waals surface area contributed by atoms with Crippen molar-refractivity contribution in [2.45, 2.75) is 13.1 Å². The van der Waals surface area contributed by atoms with Crippen LogP contribution in [-0.2, 0) is 17.9 Å². The minimum Gasteiger partial charge on any atom is -0.327 e. The Morgan fingerprint density at radius 3 is 1.67 bits per heavy atom. The Morgan fingerprint density at radius 2 is 1.28 bits per heavy atom. The van der Waals surface area contributed by atoms with E-state index in [1.165, 1.54) is 0 Å². The quantitative estimate of drug-likeness (QED) is 0.593. The third-order valence-corrected chi connectivity index (χ3v) is 2.57. The van der Waals surface area contributed by atoms with Gasteiger partial charge in [-0.1, -0.05) is 60.7 Å². The van der Waals surface area contributed by atoms with Crippen LogP contribution >= 0.6 is 0 Å². The van der Waals surface area contributed by atoms with Crippen LogP contribution in [0.15, 0.2) is 60.7 Å². The summed E-state index contributed by atoms with van der Waals surface area (Å²) in [5.41, 5.74) is 2.23. The second kappa shape index (κ2) is 6.43. The summed E-state index contributed by atoms with van der Waals surface area (Å²) >= 11 is 0. The Morgan fingerprint density at radius 1 is 0.833 bits per heavy atom. The van der Waals surface area contributed by atoms with Gasteiger partial charge in [0.2, 0.25) is 0 Å². The molecule has 0 radical (unpaired) electrons. The summed E-state index contributed by atoms with van der Waals surface area (Å²) < 4.78 is 0. The molecule has 18 heavy (non-hydrogen) atoms. The molecular formula is C15H14N2O. The zero-order chi connectivity index (χ0) is 12.6. The van der Waals surface area contributed by atoms with Crippen molar-refractivity contribution in [3.63, 3.8) is 0 Å². The second-order valence-electron chi connectivity index (χ2n) is 3.95. The van der Waals surface area contributed by atoms with Crippen LogP contribution in [0, 0.1) is 11.5 Å². The van der Waals surface area contributed by atoms with Crippen molar-refractivity contribution >= 4 is 0 Å². The Hall–Kier alpha value is -2.31. The lowest BCUT2D eigenvalue weighted by Crippen LogP contribution is -2.21. The van der Waals surface area contributed by atoms with E-state index in [9.17, 15) is 0 Å².